The van der Waals surface area contributed by atoms with E-state index in [9.17, 15) is 14.4 Å². The van der Waals surface area contributed by atoms with E-state index < -0.39 is 17.8 Å². The summed E-state index contributed by atoms with van der Waals surface area (Å²) in [6.07, 6.45) is 12.5. The summed E-state index contributed by atoms with van der Waals surface area (Å²) in [4.78, 5) is 58.3. The zero-order valence-electron chi connectivity index (χ0n) is 35.3. The maximum Gasteiger partial charge on any atom is 0.333 e. The summed E-state index contributed by atoms with van der Waals surface area (Å²) in [6, 6.07) is 47.2. The molecule has 13 heteroatoms. The van der Waals surface area contributed by atoms with Gasteiger partial charge in [-0.3, -0.25) is 9.59 Å². The first kappa shape index (κ1) is 42.4. The number of anilines is 3. The van der Waals surface area contributed by atoms with E-state index in [1.807, 2.05) is 91.0 Å². The molecule has 1 aliphatic rings. The number of hydrogen-bond donors (Lipinski definition) is 0. The Morgan fingerprint density at radius 1 is 0.561 bits per heavy atom. The summed E-state index contributed by atoms with van der Waals surface area (Å²) in [7, 11) is 0. The minimum Gasteiger partial charge on any atom is -0.493 e. The van der Waals surface area contributed by atoms with Crippen LogP contribution in [0.1, 0.15) is 57.4 Å². The Balaban J connectivity index is 0.951. The molecule has 0 saturated carbocycles. The van der Waals surface area contributed by atoms with Gasteiger partial charge in [0, 0.05) is 41.5 Å². The van der Waals surface area contributed by atoms with Crippen LogP contribution in [0.25, 0.3) is 67.1 Å². The lowest BCUT2D eigenvalue weighted by Gasteiger charge is -2.26. The molecule has 0 N–H and O–H groups in total. The smallest absolute Gasteiger partial charge is 0.333 e. The molecule has 0 aliphatic carbocycles. The second-order valence-corrected chi connectivity index (χ2v) is 18.5. The average molecular weight is 922 g/mol. The lowest BCUT2D eigenvalue weighted by Crippen LogP contribution is -2.32. The van der Waals surface area contributed by atoms with Crippen LogP contribution in [0, 0.1) is 0 Å². The fourth-order valence-electron chi connectivity index (χ4n) is 7.43. The molecule has 0 bridgehead atoms. The molecular formula is C53H39N5O5S3. The van der Waals surface area contributed by atoms with Gasteiger partial charge in [0.2, 0.25) is 0 Å². The highest BCUT2D eigenvalue weighted by Gasteiger charge is 2.32. The first-order valence-electron chi connectivity index (χ1n) is 21.3. The molecule has 0 atom stereocenters. The Labute approximate surface area is 392 Å². The molecule has 6 aromatic carbocycles. The third-order valence-electron chi connectivity index (χ3n) is 10.7. The van der Waals surface area contributed by atoms with Gasteiger partial charge in [0.25, 0.3) is 11.8 Å². The number of aromatic nitrogens is 3. The van der Waals surface area contributed by atoms with Crippen molar-refractivity contribution in [3.05, 3.63) is 171 Å². The Hall–Kier alpha value is -7.58. The summed E-state index contributed by atoms with van der Waals surface area (Å²) < 4.78 is 9.86. The van der Waals surface area contributed by atoms with Crippen LogP contribution in [0.3, 0.4) is 0 Å². The number of para-hydroxylation sites is 3. The number of nitrogens with zero attached hydrogens (tertiary/aromatic N) is 5. The van der Waals surface area contributed by atoms with Crippen molar-refractivity contribution in [3.63, 3.8) is 0 Å². The molecule has 9 aromatic rings. The Morgan fingerprint density at radius 3 is 1.50 bits per heavy atom. The van der Waals surface area contributed by atoms with Crippen molar-refractivity contribution in [2.24, 2.45) is 0 Å². The van der Waals surface area contributed by atoms with E-state index in [1.54, 1.807) is 34.0 Å². The molecule has 10 nitrogen and oxygen atoms in total. The maximum absolute atomic E-state index is 12.6. The largest absolute Gasteiger partial charge is 0.493 e. The third kappa shape index (κ3) is 9.73. The van der Waals surface area contributed by atoms with Crippen molar-refractivity contribution in [3.8, 4) is 5.75 Å². The summed E-state index contributed by atoms with van der Waals surface area (Å²) in [5, 5.41) is 3.31. The summed E-state index contributed by atoms with van der Waals surface area (Å²) in [5.74, 6) is -1.10. The summed E-state index contributed by atoms with van der Waals surface area (Å²) >= 11 is 4.93. The van der Waals surface area contributed by atoms with Gasteiger partial charge in [-0.1, -0.05) is 72.8 Å². The molecular weight excluding hydrogens is 883 g/mol. The molecule has 324 valence electrons. The molecule has 0 spiro atoms. The zero-order valence-corrected chi connectivity index (χ0v) is 37.7. The van der Waals surface area contributed by atoms with Crippen molar-refractivity contribution >= 4 is 136 Å². The van der Waals surface area contributed by atoms with E-state index in [0.717, 1.165) is 79.4 Å². The van der Waals surface area contributed by atoms with Gasteiger partial charge in [0.15, 0.2) is 0 Å². The first-order valence-corrected chi connectivity index (χ1v) is 23.8. The van der Waals surface area contributed by atoms with Crippen molar-refractivity contribution in [2.75, 3.05) is 11.5 Å². The highest BCUT2D eigenvalue weighted by atomic mass is 32.1. The standard InChI is InChI=1S/C53H39N5O5S3/c59-51-31-32-52(60)58(51)63-53(61)14-7-33-62-44-34-40(27-21-37(44)22-30-50-56-43-10-3-6-13-47(43)66-50)57(38-23-15-35(16-24-38)19-28-48-54-41-8-1-4-11-45(41)64-48)39-25-17-36(18-26-39)20-29-49-55-42-9-2-5-12-46(42)65-49/h1-6,8-13,15-30,34H,7,14,31-33H2. The van der Waals surface area contributed by atoms with Gasteiger partial charge in [-0.05, 0) is 115 Å². The number of hydroxylamine groups is 2. The molecule has 2 amide bonds. The van der Waals surface area contributed by atoms with Gasteiger partial charge in [-0.15, -0.1) is 39.1 Å². The van der Waals surface area contributed by atoms with Gasteiger partial charge in [0.1, 0.15) is 20.8 Å². The number of benzene rings is 6. The number of rotatable bonds is 15. The Morgan fingerprint density at radius 2 is 1.02 bits per heavy atom. The minimum absolute atomic E-state index is 0.0361. The number of carbonyl (C=O) groups excluding carboxylic acids is 3. The van der Waals surface area contributed by atoms with Crippen LogP contribution >= 0.6 is 34.0 Å². The summed E-state index contributed by atoms with van der Waals surface area (Å²) in [6.45, 7) is 0.174. The minimum atomic E-state index is -0.671. The SMILES string of the molecule is O=C(CCCOc1cc(N(c2ccc(C=Cc3nc4ccccc4s3)cc2)c2ccc(C=Cc3nc4ccccc4s3)cc2)ccc1C=Cc1nc2ccccc2s1)ON1C(=O)CCC1=O. The molecule has 3 aromatic heterocycles. The van der Waals surface area contributed by atoms with E-state index in [0.29, 0.717) is 17.2 Å². The van der Waals surface area contributed by atoms with Crippen molar-refractivity contribution in [1.82, 2.24) is 20.0 Å². The molecule has 1 fully saturated rings. The van der Waals surface area contributed by atoms with E-state index in [2.05, 4.69) is 89.8 Å². The highest BCUT2D eigenvalue weighted by molar-refractivity contribution is 7.20. The number of hydrogen-bond acceptors (Lipinski definition) is 12. The van der Waals surface area contributed by atoms with Gasteiger partial charge in [-0.25, -0.2) is 19.7 Å². The van der Waals surface area contributed by atoms with Crippen LogP contribution in [0.4, 0.5) is 17.1 Å². The predicted octanol–water partition coefficient (Wildman–Crippen LogP) is 13.3. The average Bonchev–Trinajstić information content (AvgIpc) is 4.14. The van der Waals surface area contributed by atoms with Gasteiger partial charge in [-0.2, -0.15) is 0 Å². The number of thiazole rings is 3. The molecule has 0 radical (unpaired) electrons. The third-order valence-corrected chi connectivity index (χ3v) is 13.7. The number of imide groups is 1. The normalized spacial score (nSPS) is 13.1. The fourth-order valence-corrected chi connectivity index (χ4v) is 10.0. The number of amides is 2. The fraction of sp³-hybridized carbons (Fsp3) is 0.0943. The quantitative estimate of drug-likeness (QED) is 0.0732. The van der Waals surface area contributed by atoms with Crippen LogP contribution in [0.5, 0.6) is 5.75 Å². The van der Waals surface area contributed by atoms with Crippen LogP contribution in [0.2, 0.25) is 0 Å². The van der Waals surface area contributed by atoms with E-state index in [-0.39, 0.29) is 25.9 Å². The lowest BCUT2D eigenvalue weighted by atomic mass is 10.1. The Kier molecular flexibility index (Phi) is 12.4. The molecule has 1 saturated heterocycles. The van der Waals surface area contributed by atoms with E-state index in [4.69, 9.17) is 24.5 Å². The lowest BCUT2D eigenvalue weighted by molar-refractivity contribution is -0.197. The number of fused-ring (bicyclic) bond motifs is 3. The van der Waals surface area contributed by atoms with Crippen molar-refractivity contribution in [2.45, 2.75) is 25.7 Å². The topological polar surface area (TPSA) is 115 Å². The first-order chi connectivity index (χ1) is 32.4. The molecule has 66 heavy (non-hydrogen) atoms. The molecule has 10 rings (SSSR count). The predicted molar refractivity (Wildman–Crippen MR) is 269 cm³/mol. The van der Waals surface area contributed by atoms with Crippen LogP contribution in [0.15, 0.2) is 140 Å². The van der Waals surface area contributed by atoms with Crippen LogP contribution < -0.4 is 9.64 Å². The monoisotopic (exact) mass is 921 g/mol. The van der Waals surface area contributed by atoms with Crippen molar-refractivity contribution in [1.29, 1.82) is 0 Å². The van der Waals surface area contributed by atoms with E-state index in [1.165, 1.54) is 0 Å². The van der Waals surface area contributed by atoms with Gasteiger partial charge in [0.05, 0.1) is 43.7 Å². The second-order valence-electron chi connectivity index (χ2n) is 15.3. The second kappa shape index (κ2) is 19.3. The molecule has 1 aliphatic heterocycles. The highest BCUT2D eigenvalue weighted by Crippen LogP contribution is 2.39. The summed E-state index contributed by atoms with van der Waals surface area (Å²) in [5.41, 5.74) is 8.51. The van der Waals surface area contributed by atoms with E-state index >= 15 is 0 Å². The van der Waals surface area contributed by atoms with Gasteiger partial charge >= 0.3 is 5.97 Å². The maximum atomic E-state index is 12.6. The van der Waals surface area contributed by atoms with Crippen LogP contribution in [-0.4, -0.2) is 44.4 Å². The zero-order chi connectivity index (χ0) is 44.8. The van der Waals surface area contributed by atoms with Crippen LogP contribution in [-0.2, 0) is 19.2 Å². The van der Waals surface area contributed by atoms with Gasteiger partial charge < -0.3 is 14.5 Å². The Bertz CT molecular complexity index is 3090. The molecule has 4 heterocycles. The van der Waals surface area contributed by atoms with Crippen molar-refractivity contribution < 1.29 is 24.0 Å². The number of ether oxygens (including phenoxy) is 1. The molecule has 0 unspecified atom stereocenters. The number of carbonyl (C=O) groups is 3.